The molecule has 0 N–H and O–H groups in total. The molecule has 4 nitrogen and oxygen atoms in total. The Morgan fingerprint density at radius 2 is 1.96 bits per heavy atom. The Kier molecular flexibility index (Phi) is 5.52. The Morgan fingerprint density at radius 3 is 2.54 bits per heavy atom. The van der Waals surface area contributed by atoms with E-state index in [2.05, 4.69) is 0 Å². The third-order valence-corrected chi connectivity index (χ3v) is 6.84. The molecule has 1 aliphatic heterocycles. The highest BCUT2D eigenvalue weighted by molar-refractivity contribution is 7.91. The van der Waals surface area contributed by atoms with Gasteiger partial charge in [-0.1, -0.05) is 12.1 Å². The molecule has 8 heteroatoms. The van der Waals surface area contributed by atoms with E-state index in [0.717, 1.165) is 29.2 Å². The zero-order valence-corrected chi connectivity index (χ0v) is 15.4. The Morgan fingerprint density at radius 1 is 1.23 bits per heavy atom. The van der Waals surface area contributed by atoms with Crippen molar-refractivity contribution >= 4 is 33.2 Å². The molecular formula is C18H17F2NO3S2. The van der Waals surface area contributed by atoms with Crippen molar-refractivity contribution in [2.45, 2.75) is 19.0 Å². The fourth-order valence-corrected chi connectivity index (χ4v) is 5.33. The monoisotopic (exact) mass is 397 g/mol. The summed E-state index contributed by atoms with van der Waals surface area (Å²) in [5.41, 5.74) is -0.295. The molecule has 3 rings (SSSR count). The average molecular weight is 397 g/mol. The SMILES string of the molecule is O=C(C=Cc1c(F)cccc1F)N(Cc1cccs1)C1CCS(=O)(=O)C1. The molecule has 0 aliphatic carbocycles. The lowest BCUT2D eigenvalue weighted by Gasteiger charge is -2.26. The number of carbonyl (C=O) groups is 1. The van der Waals surface area contributed by atoms with E-state index in [1.807, 2.05) is 17.5 Å². The van der Waals surface area contributed by atoms with Crippen LogP contribution in [0, 0.1) is 11.6 Å². The lowest BCUT2D eigenvalue weighted by atomic mass is 10.1. The van der Waals surface area contributed by atoms with Crippen molar-refractivity contribution in [1.82, 2.24) is 4.90 Å². The zero-order chi connectivity index (χ0) is 18.7. The summed E-state index contributed by atoms with van der Waals surface area (Å²) in [6, 6.07) is 6.73. The smallest absolute Gasteiger partial charge is 0.247 e. The topological polar surface area (TPSA) is 54.5 Å². The lowest BCUT2D eigenvalue weighted by molar-refractivity contribution is -0.128. The quantitative estimate of drug-likeness (QED) is 0.728. The molecule has 1 aliphatic rings. The van der Waals surface area contributed by atoms with Gasteiger partial charge in [0.25, 0.3) is 0 Å². The van der Waals surface area contributed by atoms with Crippen LogP contribution < -0.4 is 0 Å². The molecule has 1 aromatic carbocycles. The first-order valence-corrected chi connectivity index (χ1v) is 10.7. The maximum absolute atomic E-state index is 13.7. The predicted molar refractivity (Wildman–Crippen MR) is 97.3 cm³/mol. The Balaban J connectivity index is 1.84. The highest BCUT2D eigenvalue weighted by Crippen LogP contribution is 2.23. The molecule has 1 fully saturated rings. The van der Waals surface area contributed by atoms with Crippen LogP contribution in [0.5, 0.6) is 0 Å². The molecule has 2 heterocycles. The van der Waals surface area contributed by atoms with Gasteiger partial charge in [-0.25, -0.2) is 17.2 Å². The minimum Gasteiger partial charge on any atom is -0.330 e. The van der Waals surface area contributed by atoms with Gasteiger partial charge in [0.1, 0.15) is 11.6 Å². The lowest BCUT2D eigenvalue weighted by Crippen LogP contribution is -2.39. The van der Waals surface area contributed by atoms with Crippen molar-refractivity contribution in [3.05, 3.63) is 63.9 Å². The van der Waals surface area contributed by atoms with Gasteiger partial charge < -0.3 is 4.90 Å². The van der Waals surface area contributed by atoms with Crippen LogP contribution in [-0.4, -0.2) is 36.8 Å². The molecule has 0 radical (unpaired) electrons. The third-order valence-electron chi connectivity index (χ3n) is 4.23. The van der Waals surface area contributed by atoms with Gasteiger partial charge in [0, 0.05) is 22.6 Å². The van der Waals surface area contributed by atoms with Gasteiger partial charge in [0.15, 0.2) is 9.84 Å². The van der Waals surface area contributed by atoms with Gasteiger partial charge in [-0.3, -0.25) is 4.79 Å². The summed E-state index contributed by atoms with van der Waals surface area (Å²) in [5, 5.41) is 1.87. The van der Waals surface area contributed by atoms with E-state index in [-0.39, 0.29) is 23.6 Å². The van der Waals surface area contributed by atoms with Gasteiger partial charge >= 0.3 is 0 Å². The maximum atomic E-state index is 13.7. The predicted octanol–water partition coefficient (Wildman–Crippen LogP) is 3.26. The van der Waals surface area contributed by atoms with E-state index in [4.69, 9.17) is 0 Å². The Labute approximate surface area is 154 Å². The van der Waals surface area contributed by atoms with Crippen LogP contribution in [0.2, 0.25) is 0 Å². The number of amides is 1. The number of carbonyl (C=O) groups excluding carboxylic acids is 1. The second kappa shape index (κ2) is 7.67. The first kappa shape index (κ1) is 18.7. The van der Waals surface area contributed by atoms with Crippen molar-refractivity contribution in [3.8, 4) is 0 Å². The first-order valence-electron chi connectivity index (χ1n) is 8.01. The molecule has 0 bridgehead atoms. The molecule has 1 saturated heterocycles. The largest absolute Gasteiger partial charge is 0.330 e. The maximum Gasteiger partial charge on any atom is 0.247 e. The number of thiophene rings is 1. The second-order valence-corrected chi connectivity index (χ2v) is 9.33. The number of nitrogens with zero attached hydrogens (tertiary/aromatic N) is 1. The zero-order valence-electron chi connectivity index (χ0n) is 13.8. The number of rotatable bonds is 5. The molecule has 1 aromatic heterocycles. The molecule has 1 atom stereocenters. The van der Waals surface area contributed by atoms with E-state index in [1.54, 1.807) is 0 Å². The number of benzene rings is 1. The second-order valence-electron chi connectivity index (χ2n) is 6.07. The number of halogens is 2. The summed E-state index contributed by atoms with van der Waals surface area (Å²) >= 11 is 1.46. The van der Waals surface area contributed by atoms with Gasteiger partial charge in [-0.05, 0) is 36.1 Å². The minimum absolute atomic E-state index is 0.0392. The highest BCUT2D eigenvalue weighted by Gasteiger charge is 2.34. The summed E-state index contributed by atoms with van der Waals surface area (Å²) in [6.07, 6.45) is 2.55. The number of sulfone groups is 1. The van der Waals surface area contributed by atoms with E-state index in [9.17, 15) is 22.0 Å². The Hall–Kier alpha value is -2.06. The molecule has 1 unspecified atom stereocenters. The van der Waals surface area contributed by atoms with Crippen molar-refractivity contribution in [2.75, 3.05) is 11.5 Å². The van der Waals surface area contributed by atoms with E-state index in [0.29, 0.717) is 6.42 Å². The van der Waals surface area contributed by atoms with Crippen LogP contribution in [0.3, 0.4) is 0 Å². The molecule has 0 spiro atoms. The summed E-state index contributed by atoms with van der Waals surface area (Å²) in [4.78, 5) is 15.0. The highest BCUT2D eigenvalue weighted by atomic mass is 32.2. The average Bonchev–Trinajstić information content (AvgIpc) is 3.21. The molecule has 0 saturated carbocycles. The minimum atomic E-state index is -3.17. The summed E-state index contributed by atoms with van der Waals surface area (Å²) in [5.74, 6) is -2.04. The summed E-state index contributed by atoms with van der Waals surface area (Å²) < 4.78 is 51.0. The molecule has 2 aromatic rings. The van der Waals surface area contributed by atoms with Crippen molar-refractivity contribution < 1.29 is 22.0 Å². The van der Waals surface area contributed by atoms with E-state index >= 15 is 0 Å². The van der Waals surface area contributed by atoms with E-state index < -0.39 is 33.4 Å². The summed E-state index contributed by atoms with van der Waals surface area (Å²) in [6.45, 7) is 0.265. The van der Waals surface area contributed by atoms with Gasteiger partial charge in [0.2, 0.25) is 5.91 Å². The fraction of sp³-hybridized carbons (Fsp3) is 0.278. The van der Waals surface area contributed by atoms with Crippen molar-refractivity contribution in [3.63, 3.8) is 0 Å². The first-order chi connectivity index (χ1) is 12.4. The van der Waals surface area contributed by atoms with Crippen LogP contribution >= 0.6 is 11.3 Å². The van der Waals surface area contributed by atoms with Crippen LogP contribution in [-0.2, 0) is 21.2 Å². The number of hydrogen-bond acceptors (Lipinski definition) is 4. The van der Waals surface area contributed by atoms with Crippen LogP contribution in [0.15, 0.2) is 41.8 Å². The van der Waals surface area contributed by atoms with Crippen LogP contribution in [0.4, 0.5) is 8.78 Å². The van der Waals surface area contributed by atoms with Gasteiger partial charge in [-0.15, -0.1) is 11.3 Å². The summed E-state index contributed by atoms with van der Waals surface area (Å²) in [7, 11) is -3.17. The van der Waals surface area contributed by atoms with Crippen LogP contribution in [0.1, 0.15) is 16.9 Å². The van der Waals surface area contributed by atoms with Crippen molar-refractivity contribution in [1.29, 1.82) is 0 Å². The van der Waals surface area contributed by atoms with Gasteiger partial charge in [-0.2, -0.15) is 0 Å². The van der Waals surface area contributed by atoms with Crippen LogP contribution in [0.25, 0.3) is 6.08 Å². The van der Waals surface area contributed by atoms with Gasteiger partial charge in [0.05, 0.1) is 18.1 Å². The molecular weight excluding hydrogens is 380 g/mol. The Bertz CT molecular complexity index is 904. The molecule has 1 amide bonds. The normalized spacial score (nSPS) is 19.1. The fourth-order valence-electron chi connectivity index (χ4n) is 2.90. The van der Waals surface area contributed by atoms with Crippen molar-refractivity contribution in [2.24, 2.45) is 0 Å². The molecule has 26 heavy (non-hydrogen) atoms. The number of hydrogen-bond donors (Lipinski definition) is 0. The van der Waals surface area contributed by atoms with E-state index in [1.165, 1.54) is 22.3 Å². The third kappa shape index (κ3) is 4.37. The standard InChI is InChI=1S/C18H17F2NO3S2/c19-16-4-1-5-17(20)15(16)6-7-18(22)21(11-14-3-2-9-25-14)13-8-10-26(23,24)12-13/h1-7,9,13H,8,10-12H2. The molecule has 138 valence electrons.